The highest BCUT2D eigenvalue weighted by molar-refractivity contribution is 5.91. The third-order valence-corrected chi connectivity index (χ3v) is 8.43. The Morgan fingerprint density at radius 1 is 0.694 bits per heavy atom. The molecule has 8 atom stereocenters. The fourth-order valence-electron chi connectivity index (χ4n) is 6.24. The first-order chi connectivity index (χ1) is 17.3. The molecule has 8 nitrogen and oxygen atoms in total. The monoisotopic (exact) mass is 500 g/mol. The van der Waals surface area contributed by atoms with E-state index < -0.39 is 0 Å². The van der Waals surface area contributed by atoms with Gasteiger partial charge in [-0.3, -0.25) is 19.2 Å². The number of rotatable bonds is 4. The Labute approximate surface area is 215 Å². The second kappa shape index (κ2) is 13.1. The lowest BCUT2D eigenvalue weighted by Crippen LogP contribution is -2.65. The highest BCUT2D eigenvalue weighted by atomic mass is 16.2. The van der Waals surface area contributed by atoms with E-state index in [1.807, 2.05) is 13.8 Å². The normalized spacial score (nSPS) is 36.0. The van der Waals surface area contributed by atoms with Gasteiger partial charge in [-0.2, -0.15) is 0 Å². The number of hydrogen-bond donors (Lipinski definition) is 4. The summed E-state index contributed by atoms with van der Waals surface area (Å²) in [6.45, 7) is 7.79. The first-order valence-corrected chi connectivity index (χ1v) is 13.7. The zero-order valence-electron chi connectivity index (χ0n) is 22.2. The molecule has 200 valence electrons. The van der Waals surface area contributed by atoms with E-state index in [4.69, 9.17) is 0 Å². The molecule has 8 unspecified atom stereocenters. The summed E-state index contributed by atoms with van der Waals surface area (Å²) in [5.41, 5.74) is 0. The van der Waals surface area contributed by atoms with Crippen molar-refractivity contribution in [3.63, 3.8) is 0 Å². The minimum Gasteiger partial charge on any atom is -0.351 e. The maximum atomic E-state index is 12.3. The first kappa shape index (κ1) is 27.9. The smallest absolute Gasteiger partial charge is 0.243 e. The molecule has 0 aromatic rings. The Kier molecular flexibility index (Phi) is 10.1. The molecule has 0 aromatic heterocycles. The van der Waals surface area contributed by atoms with Gasteiger partial charge in [-0.1, -0.05) is 51.7 Å². The van der Waals surface area contributed by atoms with Gasteiger partial charge >= 0.3 is 0 Å². The predicted octanol–water partition coefficient (Wildman–Crippen LogP) is 2.74. The van der Waals surface area contributed by atoms with Crippen molar-refractivity contribution in [2.45, 2.75) is 103 Å². The second-order valence-corrected chi connectivity index (χ2v) is 10.8. The molecule has 1 saturated heterocycles. The number of nitrogens with one attached hydrogen (secondary N) is 4. The molecule has 36 heavy (non-hydrogen) atoms. The van der Waals surface area contributed by atoms with E-state index in [1.54, 1.807) is 12.2 Å². The van der Waals surface area contributed by atoms with E-state index in [1.165, 1.54) is 12.2 Å². The van der Waals surface area contributed by atoms with Crippen molar-refractivity contribution >= 4 is 23.6 Å². The molecule has 8 heteroatoms. The van der Waals surface area contributed by atoms with E-state index in [0.29, 0.717) is 11.8 Å². The van der Waals surface area contributed by atoms with Crippen LogP contribution in [0.4, 0.5) is 0 Å². The quantitative estimate of drug-likeness (QED) is 0.444. The molecule has 4 N–H and O–H groups in total. The van der Waals surface area contributed by atoms with Crippen molar-refractivity contribution in [2.24, 2.45) is 23.7 Å². The van der Waals surface area contributed by atoms with Gasteiger partial charge in [0.15, 0.2) is 0 Å². The summed E-state index contributed by atoms with van der Waals surface area (Å²) in [5.74, 6) is 0.464. The van der Waals surface area contributed by atoms with Crippen LogP contribution in [0, 0.1) is 23.7 Å². The summed E-state index contributed by atoms with van der Waals surface area (Å²) in [4.78, 5) is 47.7. The van der Waals surface area contributed by atoms with Gasteiger partial charge in [0.05, 0.1) is 11.8 Å². The Hall–Kier alpha value is -2.64. The lowest BCUT2D eigenvalue weighted by molar-refractivity contribution is -0.155. The third kappa shape index (κ3) is 6.77. The average molecular weight is 501 g/mol. The SMILES string of the molecule is C/C=C/C(=O)NC1CCCCC1NC(=O)/C=C/C.CC1C(C)C2C(=O)NC3CCCCC3NC(=O)C12. The lowest BCUT2D eigenvalue weighted by Gasteiger charge is -2.50. The molecule has 1 heterocycles. The summed E-state index contributed by atoms with van der Waals surface area (Å²) in [5, 5.41) is 12.2. The summed E-state index contributed by atoms with van der Waals surface area (Å²) in [6, 6.07) is 0.381. The van der Waals surface area contributed by atoms with Gasteiger partial charge in [-0.25, -0.2) is 0 Å². The Morgan fingerprint density at radius 2 is 1.06 bits per heavy atom. The second-order valence-electron chi connectivity index (χ2n) is 10.8. The highest BCUT2D eigenvalue weighted by Gasteiger charge is 2.54. The van der Waals surface area contributed by atoms with Crippen molar-refractivity contribution in [1.82, 2.24) is 21.3 Å². The molecular weight excluding hydrogens is 456 g/mol. The van der Waals surface area contributed by atoms with Gasteiger partial charge in [0.1, 0.15) is 0 Å². The van der Waals surface area contributed by atoms with E-state index in [0.717, 1.165) is 51.4 Å². The Balaban J connectivity index is 0.000000201. The molecule has 4 aliphatic rings. The molecule has 0 aromatic carbocycles. The summed E-state index contributed by atoms with van der Waals surface area (Å²) >= 11 is 0. The van der Waals surface area contributed by atoms with Crippen LogP contribution < -0.4 is 21.3 Å². The molecule has 0 spiro atoms. The van der Waals surface area contributed by atoms with Crippen LogP contribution in [0.5, 0.6) is 0 Å². The van der Waals surface area contributed by atoms with Crippen molar-refractivity contribution in [2.75, 3.05) is 0 Å². The highest BCUT2D eigenvalue weighted by Crippen LogP contribution is 2.46. The van der Waals surface area contributed by atoms with Crippen molar-refractivity contribution < 1.29 is 19.2 Å². The van der Waals surface area contributed by atoms with Gasteiger partial charge < -0.3 is 21.3 Å². The molecule has 4 rings (SSSR count). The number of allylic oxidation sites excluding steroid dienone is 2. The van der Waals surface area contributed by atoms with Crippen LogP contribution in [0.1, 0.15) is 79.1 Å². The van der Waals surface area contributed by atoms with E-state index in [2.05, 4.69) is 35.1 Å². The fourth-order valence-corrected chi connectivity index (χ4v) is 6.24. The van der Waals surface area contributed by atoms with Gasteiger partial charge in [0, 0.05) is 24.2 Å². The lowest BCUT2D eigenvalue weighted by atomic mass is 9.57. The van der Waals surface area contributed by atoms with Crippen LogP contribution in [0.3, 0.4) is 0 Å². The standard InChI is InChI=1S/2C14H22N2O2/c1-7-8(2)12-11(7)13(17)15-9-5-3-4-6-10(9)16-14(12)18;1-3-7-13(17)15-11-9-5-6-10-12(11)16-14(18)8-4-2/h7-12H,3-6H2,1-2H3,(H,15,17)(H,16,18);3-4,7-8,11-12H,5-6,9-10H2,1-2H3,(H,15,17)(H,16,18)/b;7-3+,8-4+. The van der Waals surface area contributed by atoms with Crippen molar-refractivity contribution in [3.05, 3.63) is 24.3 Å². The first-order valence-electron chi connectivity index (χ1n) is 13.7. The molecule has 4 amide bonds. The van der Waals surface area contributed by atoms with Crippen LogP contribution in [-0.4, -0.2) is 47.8 Å². The molecule has 3 aliphatic carbocycles. The van der Waals surface area contributed by atoms with Crippen LogP contribution in [-0.2, 0) is 19.2 Å². The largest absolute Gasteiger partial charge is 0.351 e. The van der Waals surface area contributed by atoms with Crippen LogP contribution >= 0.6 is 0 Å². The van der Waals surface area contributed by atoms with E-state index >= 15 is 0 Å². The zero-order chi connectivity index (χ0) is 26.2. The van der Waals surface area contributed by atoms with Gasteiger partial charge in [-0.05, 0) is 63.5 Å². The van der Waals surface area contributed by atoms with Crippen molar-refractivity contribution in [3.8, 4) is 0 Å². The minimum atomic E-state index is -0.108. The predicted molar refractivity (Wildman–Crippen MR) is 140 cm³/mol. The molecule has 0 bridgehead atoms. The number of amides is 4. The average Bonchev–Trinajstić information content (AvgIpc) is 2.84. The van der Waals surface area contributed by atoms with Gasteiger partial charge in [-0.15, -0.1) is 0 Å². The van der Waals surface area contributed by atoms with E-state index in [-0.39, 0.29) is 59.6 Å². The molecule has 4 fully saturated rings. The van der Waals surface area contributed by atoms with Crippen LogP contribution in [0.25, 0.3) is 0 Å². The maximum Gasteiger partial charge on any atom is 0.243 e. The minimum absolute atomic E-state index is 0.0386. The molecule has 1 aliphatic heterocycles. The molecule has 0 radical (unpaired) electrons. The molecular formula is C28H44N4O4. The Bertz CT molecular complexity index is 800. The third-order valence-electron chi connectivity index (χ3n) is 8.43. The van der Waals surface area contributed by atoms with E-state index in [9.17, 15) is 19.2 Å². The summed E-state index contributed by atoms with van der Waals surface area (Å²) in [7, 11) is 0. The van der Waals surface area contributed by atoms with Crippen LogP contribution in [0.2, 0.25) is 0 Å². The molecule has 3 saturated carbocycles. The summed E-state index contributed by atoms with van der Waals surface area (Å²) in [6.07, 6.45) is 14.8. The fraction of sp³-hybridized carbons (Fsp3) is 0.714. The zero-order valence-corrected chi connectivity index (χ0v) is 22.2. The number of carbonyl (C=O) groups is 4. The van der Waals surface area contributed by atoms with Crippen LogP contribution in [0.15, 0.2) is 24.3 Å². The van der Waals surface area contributed by atoms with Gasteiger partial charge in [0.25, 0.3) is 0 Å². The number of carbonyl (C=O) groups excluding carboxylic acids is 4. The number of hydrogen-bond acceptors (Lipinski definition) is 4. The van der Waals surface area contributed by atoms with Crippen molar-refractivity contribution in [1.29, 1.82) is 0 Å². The van der Waals surface area contributed by atoms with Gasteiger partial charge in [0.2, 0.25) is 23.6 Å². The topological polar surface area (TPSA) is 116 Å². The Morgan fingerprint density at radius 3 is 1.42 bits per heavy atom. The summed E-state index contributed by atoms with van der Waals surface area (Å²) < 4.78 is 0. The number of fused-ring (bicyclic) bond motifs is 2. The maximum absolute atomic E-state index is 12.3.